The van der Waals surface area contributed by atoms with Crippen LogP contribution in [0.1, 0.15) is 19.6 Å². The fourth-order valence-electron chi connectivity index (χ4n) is 2.36. The van der Waals surface area contributed by atoms with E-state index in [0.717, 1.165) is 13.1 Å². The Kier molecular flexibility index (Phi) is 4.29. The van der Waals surface area contributed by atoms with Crippen LogP contribution in [-0.4, -0.2) is 55.0 Å². The fourth-order valence-corrected chi connectivity index (χ4v) is 3.80. The van der Waals surface area contributed by atoms with Crippen molar-refractivity contribution in [1.29, 1.82) is 0 Å². The van der Waals surface area contributed by atoms with Crippen molar-refractivity contribution in [3.63, 3.8) is 0 Å². The molecule has 1 aliphatic heterocycles. The number of nitrogens with zero attached hydrogens (tertiary/aromatic N) is 2. The van der Waals surface area contributed by atoms with E-state index in [4.69, 9.17) is 9.52 Å². The Balaban J connectivity index is 2.17. The Morgan fingerprint density at radius 2 is 2.16 bits per heavy atom. The van der Waals surface area contributed by atoms with E-state index >= 15 is 0 Å². The maximum absolute atomic E-state index is 12.4. The molecule has 19 heavy (non-hydrogen) atoms. The highest BCUT2D eigenvalue weighted by molar-refractivity contribution is 7.89. The van der Waals surface area contributed by atoms with E-state index in [1.807, 2.05) is 6.92 Å². The second-order valence-electron chi connectivity index (χ2n) is 4.72. The van der Waals surface area contributed by atoms with Crippen LogP contribution in [0.5, 0.6) is 0 Å². The molecule has 1 unspecified atom stereocenters. The number of hydrogen-bond donors (Lipinski definition) is 1. The van der Waals surface area contributed by atoms with Crippen molar-refractivity contribution in [2.75, 3.05) is 26.2 Å². The van der Waals surface area contributed by atoms with Gasteiger partial charge in [-0.15, -0.1) is 0 Å². The van der Waals surface area contributed by atoms with Crippen molar-refractivity contribution in [2.24, 2.45) is 0 Å². The van der Waals surface area contributed by atoms with Gasteiger partial charge in [0, 0.05) is 25.7 Å². The van der Waals surface area contributed by atoms with Crippen LogP contribution in [0.3, 0.4) is 0 Å². The number of likely N-dealkylation sites (N-methyl/N-ethyl adjacent to an activating group) is 1. The summed E-state index contributed by atoms with van der Waals surface area (Å²) in [4.78, 5) is 2.24. The van der Waals surface area contributed by atoms with Crippen LogP contribution in [0.4, 0.5) is 0 Å². The van der Waals surface area contributed by atoms with Crippen LogP contribution in [0.15, 0.2) is 21.6 Å². The first-order valence-electron chi connectivity index (χ1n) is 6.42. The molecule has 0 amide bonds. The second-order valence-corrected chi connectivity index (χ2v) is 6.59. The molecule has 1 aliphatic rings. The predicted molar refractivity (Wildman–Crippen MR) is 70.1 cm³/mol. The number of aliphatic hydroxyl groups is 1. The van der Waals surface area contributed by atoms with E-state index in [1.54, 1.807) is 0 Å². The molecule has 7 heteroatoms. The third-order valence-electron chi connectivity index (χ3n) is 3.52. The predicted octanol–water partition coefficient (Wildman–Crippen LogP) is 0.487. The lowest BCUT2D eigenvalue weighted by atomic mass is 10.2. The van der Waals surface area contributed by atoms with Crippen LogP contribution in [0.25, 0.3) is 0 Å². The van der Waals surface area contributed by atoms with Crippen LogP contribution in [-0.2, 0) is 16.6 Å². The van der Waals surface area contributed by atoms with Gasteiger partial charge in [-0.25, -0.2) is 8.42 Å². The molecule has 0 aliphatic carbocycles. The topological polar surface area (TPSA) is 74.0 Å². The molecule has 0 aromatic carbocycles. The number of aliphatic hydroxyl groups excluding tert-OH is 1. The first kappa shape index (κ1) is 14.5. The molecule has 1 atom stereocenters. The molecule has 1 saturated heterocycles. The first-order valence-corrected chi connectivity index (χ1v) is 7.86. The molecule has 6 nitrogen and oxygen atoms in total. The van der Waals surface area contributed by atoms with E-state index in [1.165, 1.54) is 16.4 Å². The van der Waals surface area contributed by atoms with E-state index < -0.39 is 10.0 Å². The van der Waals surface area contributed by atoms with Crippen molar-refractivity contribution < 1.29 is 17.9 Å². The van der Waals surface area contributed by atoms with Gasteiger partial charge >= 0.3 is 0 Å². The van der Waals surface area contributed by atoms with Gasteiger partial charge < -0.3 is 9.52 Å². The Hall–Kier alpha value is -0.890. The van der Waals surface area contributed by atoms with Gasteiger partial charge in [-0.2, -0.15) is 4.31 Å². The van der Waals surface area contributed by atoms with Crippen LogP contribution < -0.4 is 0 Å². The molecule has 108 valence electrons. The molecule has 1 fully saturated rings. The minimum Gasteiger partial charge on any atom is -0.446 e. The third kappa shape index (κ3) is 2.84. The average Bonchev–Trinajstić information content (AvgIpc) is 2.88. The smallest absolute Gasteiger partial charge is 0.276 e. The summed E-state index contributed by atoms with van der Waals surface area (Å²) < 4.78 is 31.4. The summed E-state index contributed by atoms with van der Waals surface area (Å²) >= 11 is 0. The minimum absolute atomic E-state index is 0.0892. The molecule has 0 radical (unpaired) electrons. The number of rotatable bonds is 4. The average molecular weight is 288 g/mol. The zero-order chi connectivity index (χ0) is 14.0. The van der Waals surface area contributed by atoms with E-state index in [2.05, 4.69) is 11.8 Å². The van der Waals surface area contributed by atoms with E-state index in [-0.39, 0.29) is 23.5 Å². The Morgan fingerprint density at radius 3 is 2.68 bits per heavy atom. The minimum atomic E-state index is -3.59. The molecule has 1 aromatic rings. The number of piperazine rings is 1. The molecular weight excluding hydrogens is 268 g/mol. The molecule has 1 aromatic heterocycles. The van der Waals surface area contributed by atoms with Crippen molar-refractivity contribution in [3.05, 3.63) is 17.9 Å². The zero-order valence-electron chi connectivity index (χ0n) is 11.2. The highest BCUT2D eigenvalue weighted by Gasteiger charge is 2.33. The number of hydrogen-bond acceptors (Lipinski definition) is 5. The van der Waals surface area contributed by atoms with Gasteiger partial charge in [0.2, 0.25) is 5.09 Å². The Labute approximate surface area is 113 Å². The molecule has 0 saturated carbocycles. The Morgan fingerprint density at radius 1 is 1.42 bits per heavy atom. The summed E-state index contributed by atoms with van der Waals surface area (Å²) in [5.41, 5.74) is 0. The summed E-state index contributed by atoms with van der Waals surface area (Å²) in [5.74, 6) is 0.263. The molecule has 2 rings (SSSR count). The summed E-state index contributed by atoms with van der Waals surface area (Å²) in [6, 6.07) is 3.08. The first-order chi connectivity index (χ1) is 8.98. The largest absolute Gasteiger partial charge is 0.446 e. The summed E-state index contributed by atoms with van der Waals surface area (Å²) in [6.07, 6.45) is 0. The Bertz CT molecular complexity index is 526. The zero-order valence-corrected chi connectivity index (χ0v) is 12.1. The lowest BCUT2D eigenvalue weighted by Crippen LogP contribution is -2.53. The standard InChI is InChI=1S/C12H20N2O4S/c1-3-13-6-7-14(8-10(13)2)19(16,17)12-5-4-11(9-15)18-12/h4-5,10,15H,3,6-9H2,1-2H3. The van der Waals surface area contributed by atoms with Gasteiger partial charge in [0.1, 0.15) is 12.4 Å². The van der Waals surface area contributed by atoms with Crippen LogP contribution >= 0.6 is 0 Å². The second kappa shape index (κ2) is 5.62. The lowest BCUT2D eigenvalue weighted by Gasteiger charge is -2.38. The van der Waals surface area contributed by atoms with Crippen LogP contribution in [0.2, 0.25) is 0 Å². The molecule has 1 N–H and O–H groups in total. The molecular formula is C12H20N2O4S. The molecule has 2 heterocycles. The van der Waals surface area contributed by atoms with Crippen molar-refractivity contribution in [1.82, 2.24) is 9.21 Å². The van der Waals surface area contributed by atoms with Crippen molar-refractivity contribution in [2.45, 2.75) is 31.6 Å². The SMILES string of the molecule is CCN1CCN(S(=O)(=O)c2ccc(CO)o2)CC1C. The summed E-state index contributed by atoms with van der Waals surface area (Å²) in [5, 5.41) is 8.84. The third-order valence-corrected chi connectivity index (χ3v) is 5.26. The quantitative estimate of drug-likeness (QED) is 0.872. The number of sulfonamides is 1. The molecule has 0 spiro atoms. The van der Waals surface area contributed by atoms with Gasteiger partial charge in [0.15, 0.2) is 0 Å². The van der Waals surface area contributed by atoms with Gasteiger partial charge in [-0.3, -0.25) is 4.90 Å². The fraction of sp³-hybridized carbons (Fsp3) is 0.667. The normalized spacial score (nSPS) is 22.8. The maximum atomic E-state index is 12.4. The van der Waals surface area contributed by atoms with Gasteiger partial charge in [0.05, 0.1) is 0 Å². The monoisotopic (exact) mass is 288 g/mol. The number of furan rings is 1. The summed E-state index contributed by atoms with van der Waals surface area (Å²) in [6.45, 7) is 6.37. The van der Waals surface area contributed by atoms with Gasteiger partial charge in [-0.05, 0) is 25.6 Å². The van der Waals surface area contributed by atoms with E-state index in [9.17, 15) is 8.42 Å². The highest BCUT2D eigenvalue weighted by atomic mass is 32.2. The lowest BCUT2D eigenvalue weighted by molar-refractivity contribution is 0.134. The molecule has 0 bridgehead atoms. The summed E-state index contributed by atoms with van der Waals surface area (Å²) in [7, 11) is -3.59. The van der Waals surface area contributed by atoms with Crippen LogP contribution in [0, 0.1) is 0 Å². The van der Waals surface area contributed by atoms with E-state index in [0.29, 0.717) is 13.1 Å². The highest BCUT2D eigenvalue weighted by Crippen LogP contribution is 2.21. The van der Waals surface area contributed by atoms with Crippen molar-refractivity contribution in [3.8, 4) is 0 Å². The van der Waals surface area contributed by atoms with Gasteiger partial charge in [-0.1, -0.05) is 6.92 Å². The van der Waals surface area contributed by atoms with Gasteiger partial charge in [0.25, 0.3) is 10.0 Å². The maximum Gasteiger partial charge on any atom is 0.276 e. The van der Waals surface area contributed by atoms with Crippen molar-refractivity contribution >= 4 is 10.0 Å².